The van der Waals surface area contributed by atoms with Crippen molar-refractivity contribution in [3.63, 3.8) is 0 Å². The standard InChI is InChI=1S/C41H55N7O6S/c1-9-28(36(42-10-2)25(4)53-8)37-30-21-41(5,6)24-54-39(50)31-13-12-17-48(45-31)38(49)32(44-40(51)47-18-16-27(47)22-52-7)20-35-43-33(23-55-35)26-14-15-34(29(30)19-26)46(37)11-3/h9-10,14-15,19,23,25,27,31-32,45H,1,11-13,16-18,20-22,24H2,2-8H3,(H,44,51)/b36-28+,42-10?/t25-,27+,31-,32-/m0/s1. The molecule has 0 aliphatic carbocycles. The van der Waals surface area contributed by atoms with Crippen LogP contribution in [0.15, 0.2) is 46.9 Å². The molecular formula is C41H55N7O6S. The van der Waals surface area contributed by atoms with Crippen molar-refractivity contribution in [1.29, 1.82) is 0 Å². The molecule has 2 fully saturated rings. The van der Waals surface area contributed by atoms with Gasteiger partial charge in [-0.3, -0.25) is 19.6 Å². The van der Waals surface area contributed by atoms with E-state index in [9.17, 15) is 14.4 Å². The number of aryl methyl sites for hydroxylation is 1. The zero-order chi connectivity index (χ0) is 39.4. The number of nitrogens with one attached hydrogen (secondary N) is 2. The molecule has 0 saturated carbocycles. The van der Waals surface area contributed by atoms with Gasteiger partial charge in [0.05, 0.1) is 47.5 Å². The van der Waals surface area contributed by atoms with E-state index in [0.717, 1.165) is 51.1 Å². The van der Waals surface area contributed by atoms with Crippen molar-refractivity contribution in [2.75, 3.05) is 40.5 Å². The van der Waals surface area contributed by atoms with Crippen LogP contribution in [0.5, 0.6) is 0 Å². The van der Waals surface area contributed by atoms with Crippen LogP contribution in [0.2, 0.25) is 0 Å². The number of fused-ring (bicyclic) bond motifs is 6. The van der Waals surface area contributed by atoms with E-state index in [4.69, 9.17) is 24.2 Å². The van der Waals surface area contributed by atoms with Gasteiger partial charge in [-0.05, 0) is 64.2 Å². The quantitative estimate of drug-likeness (QED) is 0.159. The fourth-order valence-electron chi connectivity index (χ4n) is 7.78. The molecule has 2 saturated heterocycles. The number of allylic oxidation sites excluding steroid dienone is 2. The number of hydrogen-bond donors (Lipinski definition) is 2. The first kappa shape index (κ1) is 40.3. The van der Waals surface area contributed by atoms with E-state index in [-0.39, 0.29) is 37.1 Å². The number of carbonyl (C=O) groups is 3. The molecule has 0 unspecified atom stereocenters. The highest BCUT2D eigenvalue weighted by atomic mass is 32.1. The van der Waals surface area contributed by atoms with Crippen LogP contribution in [-0.4, -0.2) is 108 Å². The lowest BCUT2D eigenvalue weighted by molar-refractivity contribution is -0.155. The predicted molar refractivity (Wildman–Crippen MR) is 216 cm³/mol. The summed E-state index contributed by atoms with van der Waals surface area (Å²) in [5.41, 5.74) is 9.16. The van der Waals surface area contributed by atoms with Crippen LogP contribution in [-0.2, 0) is 43.2 Å². The van der Waals surface area contributed by atoms with Gasteiger partial charge in [0.1, 0.15) is 12.1 Å². The highest BCUT2D eigenvalue weighted by Crippen LogP contribution is 2.40. The number of nitrogens with zero attached hydrogens (tertiary/aromatic N) is 5. The second-order valence-electron chi connectivity index (χ2n) is 15.3. The van der Waals surface area contributed by atoms with E-state index in [1.807, 2.05) is 25.3 Å². The van der Waals surface area contributed by atoms with Crippen LogP contribution in [0, 0.1) is 5.41 Å². The summed E-state index contributed by atoms with van der Waals surface area (Å²) in [6.07, 6.45) is 6.07. The van der Waals surface area contributed by atoms with E-state index < -0.39 is 23.5 Å². The Morgan fingerprint density at radius 1 is 1.25 bits per heavy atom. The maximum absolute atomic E-state index is 14.2. The number of benzene rings is 1. The molecule has 3 aliphatic rings. The molecule has 13 nitrogen and oxygen atoms in total. The molecule has 14 heteroatoms. The van der Waals surface area contributed by atoms with Crippen molar-refractivity contribution < 1.29 is 28.6 Å². The molecule has 2 N–H and O–H groups in total. The normalized spacial score (nSPS) is 22.9. The molecule has 6 bridgehead atoms. The summed E-state index contributed by atoms with van der Waals surface area (Å²) in [5, 5.41) is 8.23. The number of urea groups is 1. The maximum Gasteiger partial charge on any atom is 0.324 e. The Bertz CT molecular complexity index is 1980. The number of methoxy groups -OCH3 is 2. The number of hydrazine groups is 1. The number of ether oxygens (including phenoxy) is 3. The summed E-state index contributed by atoms with van der Waals surface area (Å²) >= 11 is 1.46. The van der Waals surface area contributed by atoms with Crippen molar-refractivity contribution in [2.24, 2.45) is 10.4 Å². The van der Waals surface area contributed by atoms with Gasteiger partial charge < -0.3 is 29.0 Å². The molecular weight excluding hydrogens is 719 g/mol. The van der Waals surface area contributed by atoms with Crippen LogP contribution in [0.25, 0.3) is 27.7 Å². The lowest BCUT2D eigenvalue weighted by atomic mass is 9.84. The third-order valence-corrected chi connectivity index (χ3v) is 11.7. The van der Waals surface area contributed by atoms with E-state index >= 15 is 0 Å². The summed E-state index contributed by atoms with van der Waals surface area (Å²) in [7, 11) is 3.29. The van der Waals surface area contributed by atoms with Gasteiger partial charge in [-0.1, -0.05) is 32.6 Å². The number of cyclic esters (lactones) is 1. The van der Waals surface area contributed by atoms with Crippen molar-refractivity contribution in [3.8, 4) is 11.3 Å². The summed E-state index contributed by atoms with van der Waals surface area (Å²) in [4.78, 5) is 52.9. The van der Waals surface area contributed by atoms with Crippen molar-refractivity contribution in [1.82, 2.24) is 30.2 Å². The van der Waals surface area contributed by atoms with Crippen LogP contribution in [0.1, 0.15) is 70.1 Å². The number of thiazole rings is 1. The Hall–Kier alpha value is -4.37. The monoisotopic (exact) mass is 773 g/mol. The first-order valence-electron chi connectivity index (χ1n) is 19.2. The Balaban J connectivity index is 1.48. The lowest BCUT2D eigenvalue weighted by Crippen LogP contribution is -2.63. The molecule has 4 atom stereocenters. The van der Waals surface area contributed by atoms with Gasteiger partial charge in [-0.2, -0.15) is 0 Å². The minimum atomic E-state index is -0.913. The molecule has 6 rings (SSSR count). The van der Waals surface area contributed by atoms with Crippen LogP contribution in [0.4, 0.5) is 4.79 Å². The molecule has 0 spiro atoms. The highest BCUT2D eigenvalue weighted by Gasteiger charge is 2.38. The van der Waals surface area contributed by atoms with E-state index in [1.54, 1.807) is 25.3 Å². The zero-order valence-corrected chi connectivity index (χ0v) is 34.0. The molecule has 296 valence electrons. The van der Waals surface area contributed by atoms with Crippen molar-refractivity contribution >= 4 is 51.9 Å². The number of amides is 3. The summed E-state index contributed by atoms with van der Waals surface area (Å²) in [6.45, 7) is 16.7. The third kappa shape index (κ3) is 8.42. The molecule has 3 aromatic rings. The molecule has 1 aromatic carbocycles. The molecule has 3 amide bonds. The molecule has 55 heavy (non-hydrogen) atoms. The SMILES string of the molecule is C=C/C(=C(\N=CC)[C@H](C)OC)c1c2c3cc(ccc3n1CC)-c1csc(n1)C[C@H](NC(=O)N1CC[C@@H]1COC)C(=O)N1CCC[C@H](N1)C(=O)OCC(C)(C)C2. The molecule has 5 heterocycles. The average Bonchev–Trinajstić information content (AvgIpc) is 3.76. The van der Waals surface area contributed by atoms with Gasteiger partial charge >= 0.3 is 12.0 Å². The Kier molecular flexibility index (Phi) is 12.6. The number of likely N-dealkylation sites (tertiary alicyclic amines) is 1. The number of aromatic nitrogens is 2. The van der Waals surface area contributed by atoms with E-state index in [2.05, 4.69) is 60.9 Å². The summed E-state index contributed by atoms with van der Waals surface area (Å²) in [6, 6.07) is 4.39. The highest BCUT2D eigenvalue weighted by molar-refractivity contribution is 7.10. The number of carbonyl (C=O) groups excluding carboxylic acids is 3. The topological polar surface area (TPSA) is 140 Å². The second kappa shape index (κ2) is 17.2. The molecule has 0 radical (unpaired) electrons. The average molecular weight is 774 g/mol. The fourth-order valence-corrected chi connectivity index (χ4v) is 8.63. The van der Waals surface area contributed by atoms with Gasteiger partial charge in [0.25, 0.3) is 5.91 Å². The summed E-state index contributed by atoms with van der Waals surface area (Å²) in [5.74, 6) is -0.744. The largest absolute Gasteiger partial charge is 0.464 e. The van der Waals surface area contributed by atoms with Crippen LogP contribution in [0.3, 0.4) is 0 Å². The number of hydrogen-bond acceptors (Lipinski definition) is 10. The van der Waals surface area contributed by atoms with Crippen LogP contribution >= 0.6 is 11.3 Å². The van der Waals surface area contributed by atoms with Crippen molar-refractivity contribution in [3.05, 3.63) is 58.2 Å². The number of aliphatic imine (C=N–C) groups is 1. The minimum Gasteiger partial charge on any atom is -0.464 e. The smallest absolute Gasteiger partial charge is 0.324 e. The van der Waals surface area contributed by atoms with Gasteiger partial charge in [0, 0.05) is 79.3 Å². The number of rotatable bonds is 9. The molecule has 3 aliphatic heterocycles. The van der Waals surface area contributed by atoms with Gasteiger partial charge in [-0.15, -0.1) is 11.3 Å². The zero-order valence-electron chi connectivity index (χ0n) is 33.1. The second-order valence-corrected chi connectivity index (χ2v) is 16.2. The van der Waals surface area contributed by atoms with Gasteiger partial charge in [0.15, 0.2) is 0 Å². The van der Waals surface area contributed by atoms with Crippen molar-refractivity contribution in [2.45, 2.75) is 97.5 Å². The predicted octanol–water partition coefficient (Wildman–Crippen LogP) is 5.77. The Morgan fingerprint density at radius 2 is 2.05 bits per heavy atom. The third-order valence-electron chi connectivity index (χ3n) is 10.8. The van der Waals surface area contributed by atoms with E-state index in [1.165, 1.54) is 16.3 Å². The van der Waals surface area contributed by atoms with E-state index in [0.29, 0.717) is 50.5 Å². The number of esters is 1. The Morgan fingerprint density at radius 3 is 2.73 bits per heavy atom. The summed E-state index contributed by atoms with van der Waals surface area (Å²) < 4.78 is 19.5. The lowest BCUT2D eigenvalue weighted by Gasteiger charge is -2.41. The van der Waals surface area contributed by atoms with Gasteiger partial charge in [0.2, 0.25) is 0 Å². The Labute approximate surface area is 327 Å². The minimum absolute atomic E-state index is 0.0439. The first-order chi connectivity index (χ1) is 26.4. The maximum atomic E-state index is 14.2. The fraction of sp³-hybridized carbons (Fsp3) is 0.537. The molecule has 2 aromatic heterocycles. The van der Waals surface area contributed by atoms with Gasteiger partial charge in [-0.25, -0.2) is 15.2 Å². The first-order valence-corrected chi connectivity index (χ1v) is 20.1. The van der Waals surface area contributed by atoms with Crippen LogP contribution < -0.4 is 10.7 Å².